The zero-order chi connectivity index (χ0) is 25.1. The number of aromatic amines is 1. The fourth-order valence-electron chi connectivity index (χ4n) is 4.57. The maximum absolute atomic E-state index is 13.6. The average Bonchev–Trinajstić information content (AvgIpc) is 3.44. The van der Waals surface area contributed by atoms with Crippen LogP contribution >= 0.6 is 0 Å². The van der Waals surface area contributed by atoms with Crippen molar-refractivity contribution in [2.75, 3.05) is 13.7 Å². The quantitative estimate of drug-likeness (QED) is 0.320. The van der Waals surface area contributed by atoms with Crippen LogP contribution < -0.4 is 9.47 Å². The summed E-state index contributed by atoms with van der Waals surface area (Å²) in [5.41, 5.74) is 3.98. The van der Waals surface area contributed by atoms with E-state index in [1.54, 1.807) is 42.6 Å². The second-order valence-corrected chi connectivity index (χ2v) is 8.69. The van der Waals surface area contributed by atoms with E-state index in [0.717, 1.165) is 24.0 Å². The molecule has 0 fully saturated rings. The van der Waals surface area contributed by atoms with Crippen LogP contribution in [0.3, 0.4) is 0 Å². The highest BCUT2D eigenvalue weighted by Gasteiger charge is 2.42. The predicted octanol–water partition coefficient (Wildman–Crippen LogP) is 5.11. The van der Waals surface area contributed by atoms with Crippen molar-refractivity contribution in [3.63, 3.8) is 0 Å². The summed E-state index contributed by atoms with van der Waals surface area (Å²) in [6.45, 7) is 3.07. The van der Waals surface area contributed by atoms with Gasteiger partial charge in [-0.25, -0.2) is 0 Å². The number of rotatable bonds is 9. The minimum Gasteiger partial charge on any atom is -0.507 e. The molecule has 1 atom stereocenters. The maximum atomic E-state index is 13.6. The Labute approximate surface area is 209 Å². The molecule has 0 spiro atoms. The van der Waals surface area contributed by atoms with E-state index in [-0.39, 0.29) is 11.7 Å². The Bertz CT molecular complexity index is 1370. The molecule has 2 N–H and O–H groups in total. The third-order valence-electron chi connectivity index (χ3n) is 6.36. The Hall–Kier alpha value is -4.33. The second kappa shape index (κ2) is 10.1. The number of nitrogens with one attached hydrogen (secondary N) is 1. The molecule has 1 amide bonds. The molecule has 0 saturated carbocycles. The number of nitrogens with zero attached hydrogens (tertiary/aromatic N) is 3. The molecule has 36 heavy (non-hydrogen) atoms. The van der Waals surface area contributed by atoms with Gasteiger partial charge in [-0.1, -0.05) is 37.6 Å². The molecule has 8 heteroatoms. The van der Waals surface area contributed by atoms with Gasteiger partial charge < -0.3 is 19.5 Å². The van der Waals surface area contributed by atoms with Crippen LogP contribution in [0.5, 0.6) is 17.2 Å². The standard InChI is InChI=1S/C28H28N4O4/c1-3-4-14-36-22-12-11-19(15-23(22)35-2)27-24-25(20-9-5-6-10-21(20)33)30-31-26(24)28(34)32(27)17-18-8-7-13-29-16-18/h5-13,15-16,27,33H,3-4,14,17H2,1-2H3,(H,30,31). The molecule has 3 heterocycles. The highest BCUT2D eigenvalue weighted by atomic mass is 16.5. The molecule has 0 bridgehead atoms. The van der Waals surface area contributed by atoms with Crippen molar-refractivity contribution in [1.29, 1.82) is 0 Å². The first-order chi connectivity index (χ1) is 17.6. The van der Waals surface area contributed by atoms with Crippen LogP contribution in [0.15, 0.2) is 67.0 Å². The number of fused-ring (bicyclic) bond motifs is 1. The molecule has 184 valence electrons. The summed E-state index contributed by atoms with van der Waals surface area (Å²) in [5.74, 6) is 1.18. The molecule has 1 aliphatic rings. The molecule has 0 saturated heterocycles. The topological polar surface area (TPSA) is 101 Å². The number of pyridine rings is 1. The first-order valence-corrected chi connectivity index (χ1v) is 12.0. The lowest BCUT2D eigenvalue weighted by atomic mass is 9.95. The normalized spacial score (nSPS) is 14.7. The molecular formula is C28H28N4O4. The highest BCUT2D eigenvalue weighted by molar-refractivity contribution is 6.00. The van der Waals surface area contributed by atoms with Gasteiger partial charge in [-0.15, -0.1) is 0 Å². The Morgan fingerprint density at radius 1 is 1.11 bits per heavy atom. The van der Waals surface area contributed by atoms with E-state index in [1.807, 2.05) is 36.4 Å². The number of hydrogen-bond acceptors (Lipinski definition) is 6. The summed E-state index contributed by atoms with van der Waals surface area (Å²) in [5, 5.41) is 17.9. The number of phenolic OH excluding ortho intramolecular Hbond substituents is 1. The van der Waals surface area contributed by atoms with Crippen LogP contribution in [-0.4, -0.2) is 44.8 Å². The number of para-hydroxylation sites is 1. The number of amides is 1. The zero-order valence-corrected chi connectivity index (χ0v) is 20.3. The van der Waals surface area contributed by atoms with Gasteiger partial charge in [0, 0.05) is 30.1 Å². The fourth-order valence-corrected chi connectivity index (χ4v) is 4.57. The molecule has 8 nitrogen and oxygen atoms in total. The van der Waals surface area contributed by atoms with Crippen molar-refractivity contribution >= 4 is 5.91 Å². The number of carbonyl (C=O) groups is 1. The SMILES string of the molecule is CCCCOc1ccc(C2c3c(-c4ccccc4O)n[nH]c3C(=O)N2Cc2cccnc2)cc1OC. The van der Waals surface area contributed by atoms with E-state index in [9.17, 15) is 9.90 Å². The largest absolute Gasteiger partial charge is 0.507 e. The average molecular weight is 485 g/mol. The van der Waals surface area contributed by atoms with Gasteiger partial charge in [0.15, 0.2) is 11.5 Å². The maximum Gasteiger partial charge on any atom is 0.273 e. The molecule has 0 aliphatic carbocycles. The van der Waals surface area contributed by atoms with Crippen LogP contribution in [-0.2, 0) is 6.54 Å². The summed E-state index contributed by atoms with van der Waals surface area (Å²) in [6, 6.07) is 16.1. The van der Waals surface area contributed by atoms with E-state index in [0.29, 0.717) is 47.2 Å². The summed E-state index contributed by atoms with van der Waals surface area (Å²) in [4.78, 5) is 19.6. The van der Waals surface area contributed by atoms with Gasteiger partial charge in [0.1, 0.15) is 17.1 Å². The van der Waals surface area contributed by atoms with Gasteiger partial charge >= 0.3 is 0 Å². The number of H-pyrrole nitrogens is 1. The summed E-state index contributed by atoms with van der Waals surface area (Å²) in [7, 11) is 1.61. The number of methoxy groups -OCH3 is 1. The monoisotopic (exact) mass is 484 g/mol. The van der Waals surface area contributed by atoms with Crippen molar-refractivity contribution in [2.45, 2.75) is 32.4 Å². The number of benzene rings is 2. The number of aromatic nitrogens is 3. The minimum atomic E-state index is -0.459. The van der Waals surface area contributed by atoms with Crippen molar-refractivity contribution in [3.8, 4) is 28.5 Å². The van der Waals surface area contributed by atoms with Gasteiger partial charge in [0.25, 0.3) is 5.91 Å². The number of ether oxygens (including phenoxy) is 2. The van der Waals surface area contributed by atoms with Gasteiger partial charge in [-0.05, 0) is 47.9 Å². The number of hydrogen-bond donors (Lipinski definition) is 2. The van der Waals surface area contributed by atoms with Gasteiger partial charge in [-0.3, -0.25) is 14.9 Å². The second-order valence-electron chi connectivity index (χ2n) is 8.69. The van der Waals surface area contributed by atoms with E-state index in [2.05, 4.69) is 22.1 Å². The lowest BCUT2D eigenvalue weighted by Gasteiger charge is -2.27. The third-order valence-corrected chi connectivity index (χ3v) is 6.36. The molecule has 2 aromatic heterocycles. The molecule has 1 aliphatic heterocycles. The summed E-state index contributed by atoms with van der Waals surface area (Å²) in [6.07, 6.45) is 5.44. The number of aromatic hydroxyl groups is 1. The number of carbonyl (C=O) groups excluding carboxylic acids is 1. The smallest absolute Gasteiger partial charge is 0.273 e. The molecule has 5 rings (SSSR count). The summed E-state index contributed by atoms with van der Waals surface area (Å²) >= 11 is 0. The molecule has 1 unspecified atom stereocenters. The third kappa shape index (κ3) is 4.26. The van der Waals surface area contributed by atoms with Crippen molar-refractivity contribution in [3.05, 3.63) is 89.4 Å². The van der Waals surface area contributed by atoms with E-state index in [4.69, 9.17) is 9.47 Å². The van der Waals surface area contributed by atoms with Crippen LogP contribution in [0.4, 0.5) is 0 Å². The first-order valence-electron chi connectivity index (χ1n) is 12.0. The van der Waals surface area contributed by atoms with E-state index in [1.165, 1.54) is 0 Å². The lowest BCUT2D eigenvalue weighted by molar-refractivity contribution is 0.0729. The lowest BCUT2D eigenvalue weighted by Crippen LogP contribution is -2.29. The molecule has 4 aromatic rings. The Balaban J connectivity index is 1.62. The van der Waals surface area contributed by atoms with Gasteiger partial charge in [0.2, 0.25) is 0 Å². The highest BCUT2D eigenvalue weighted by Crippen LogP contribution is 2.46. The van der Waals surface area contributed by atoms with Crippen molar-refractivity contribution in [1.82, 2.24) is 20.1 Å². The first kappa shape index (κ1) is 23.4. The summed E-state index contributed by atoms with van der Waals surface area (Å²) < 4.78 is 11.6. The Morgan fingerprint density at radius 2 is 1.97 bits per heavy atom. The molecule has 2 aromatic carbocycles. The van der Waals surface area contributed by atoms with Crippen LogP contribution in [0.1, 0.15) is 53.0 Å². The molecule has 0 radical (unpaired) electrons. The number of unbranched alkanes of at least 4 members (excludes halogenated alkanes) is 1. The van der Waals surface area contributed by atoms with Gasteiger partial charge in [-0.2, -0.15) is 5.10 Å². The van der Waals surface area contributed by atoms with Gasteiger partial charge in [0.05, 0.1) is 19.8 Å². The zero-order valence-electron chi connectivity index (χ0n) is 20.3. The number of phenols is 1. The van der Waals surface area contributed by atoms with Crippen LogP contribution in [0.25, 0.3) is 11.3 Å². The fraction of sp³-hybridized carbons (Fsp3) is 0.250. The Morgan fingerprint density at radius 3 is 2.72 bits per heavy atom. The van der Waals surface area contributed by atoms with E-state index >= 15 is 0 Å². The predicted molar refractivity (Wildman–Crippen MR) is 135 cm³/mol. The van der Waals surface area contributed by atoms with Crippen LogP contribution in [0.2, 0.25) is 0 Å². The van der Waals surface area contributed by atoms with E-state index < -0.39 is 6.04 Å². The van der Waals surface area contributed by atoms with Crippen molar-refractivity contribution in [2.24, 2.45) is 0 Å². The minimum absolute atomic E-state index is 0.0981. The molecular weight excluding hydrogens is 456 g/mol. The Kier molecular flexibility index (Phi) is 6.58. The van der Waals surface area contributed by atoms with Crippen LogP contribution in [0, 0.1) is 0 Å². The van der Waals surface area contributed by atoms with Crippen molar-refractivity contribution < 1.29 is 19.4 Å².